The normalized spacial score (nSPS) is 23.4. The van der Waals surface area contributed by atoms with Crippen molar-refractivity contribution >= 4 is 17.1 Å². The lowest BCUT2D eigenvalue weighted by atomic mass is 10.0. The third-order valence-electron chi connectivity index (χ3n) is 4.17. The molecule has 1 saturated heterocycles. The molecule has 0 aromatic heterocycles. The van der Waals surface area contributed by atoms with E-state index in [0.29, 0.717) is 12.0 Å². The molecule has 3 atom stereocenters. The first kappa shape index (κ1) is 16.0. The molecule has 1 aromatic carbocycles. The number of rotatable bonds is 5. The molecule has 0 radical (unpaired) electrons. The molecule has 1 aliphatic carbocycles. The Morgan fingerprint density at radius 1 is 1.13 bits per heavy atom. The fourth-order valence-electron chi connectivity index (χ4n) is 3.02. The van der Waals surface area contributed by atoms with Crippen molar-refractivity contribution in [2.45, 2.75) is 52.4 Å². The summed E-state index contributed by atoms with van der Waals surface area (Å²) >= 11 is 0. The van der Waals surface area contributed by atoms with Gasteiger partial charge in [-0.2, -0.15) is 0 Å². The number of ether oxygens (including phenoxy) is 1. The van der Waals surface area contributed by atoms with Gasteiger partial charge >= 0.3 is 0 Å². The summed E-state index contributed by atoms with van der Waals surface area (Å²) in [6, 6.07) is 6.83. The molecule has 1 N–H and O–H groups in total. The molecule has 23 heavy (non-hydrogen) atoms. The fourth-order valence-corrected chi connectivity index (χ4v) is 3.02. The highest BCUT2D eigenvalue weighted by atomic mass is 16.6. The Balaban J connectivity index is 1.70. The van der Waals surface area contributed by atoms with Crippen LogP contribution in [-0.4, -0.2) is 24.0 Å². The van der Waals surface area contributed by atoms with Crippen molar-refractivity contribution in [2.24, 2.45) is 10.9 Å². The van der Waals surface area contributed by atoms with Gasteiger partial charge in [-0.3, -0.25) is 0 Å². The summed E-state index contributed by atoms with van der Waals surface area (Å²) in [6.07, 6.45) is 9.94. The van der Waals surface area contributed by atoms with Crippen LogP contribution in [0.15, 0.2) is 47.5 Å². The average Bonchev–Trinajstić information content (AvgIpc) is 3.22. The van der Waals surface area contributed by atoms with Crippen LogP contribution in [0.1, 0.15) is 32.8 Å². The third-order valence-corrected chi connectivity index (χ3v) is 4.17. The Labute approximate surface area is 139 Å². The summed E-state index contributed by atoms with van der Waals surface area (Å²) in [5.74, 6) is 0.701. The van der Waals surface area contributed by atoms with Crippen LogP contribution in [0.3, 0.4) is 0 Å². The summed E-state index contributed by atoms with van der Waals surface area (Å²) in [7, 11) is 0. The van der Waals surface area contributed by atoms with Crippen LogP contribution in [-0.2, 0) is 4.74 Å². The van der Waals surface area contributed by atoms with E-state index in [4.69, 9.17) is 9.73 Å². The SMILES string of the molecule is Cc1cc(N=C2C=CC3OC3C=C2)ccc1NC(C)CC(C)C. The maximum Gasteiger partial charge on any atom is 0.107 e. The Morgan fingerprint density at radius 2 is 1.83 bits per heavy atom. The van der Waals surface area contributed by atoms with E-state index in [9.17, 15) is 0 Å². The molecular formula is C20H26N2O. The van der Waals surface area contributed by atoms with E-state index < -0.39 is 0 Å². The molecule has 0 spiro atoms. The summed E-state index contributed by atoms with van der Waals surface area (Å²) in [6.45, 7) is 8.89. The number of aryl methyl sites for hydroxylation is 1. The minimum atomic E-state index is 0.259. The first-order chi connectivity index (χ1) is 11.0. The first-order valence-corrected chi connectivity index (χ1v) is 8.49. The van der Waals surface area contributed by atoms with Crippen LogP contribution in [0.25, 0.3) is 0 Å². The summed E-state index contributed by atoms with van der Waals surface area (Å²) in [5.41, 5.74) is 4.40. The molecule has 2 aliphatic rings. The molecule has 0 amide bonds. The van der Waals surface area contributed by atoms with Crippen molar-refractivity contribution in [3.05, 3.63) is 48.1 Å². The van der Waals surface area contributed by atoms with E-state index >= 15 is 0 Å². The van der Waals surface area contributed by atoms with Crippen LogP contribution in [0.2, 0.25) is 0 Å². The minimum Gasteiger partial charge on any atom is -0.382 e. The average molecular weight is 310 g/mol. The van der Waals surface area contributed by atoms with Gasteiger partial charge in [0.05, 0.1) is 11.4 Å². The number of hydrogen-bond acceptors (Lipinski definition) is 3. The van der Waals surface area contributed by atoms with E-state index in [0.717, 1.165) is 11.4 Å². The zero-order valence-electron chi connectivity index (χ0n) is 14.4. The Kier molecular flexibility index (Phi) is 4.67. The highest BCUT2D eigenvalue weighted by Crippen LogP contribution is 2.28. The predicted octanol–water partition coefficient (Wildman–Crippen LogP) is 4.81. The number of nitrogens with one attached hydrogen (secondary N) is 1. The van der Waals surface area contributed by atoms with E-state index in [1.807, 2.05) is 12.2 Å². The van der Waals surface area contributed by atoms with Crippen LogP contribution < -0.4 is 5.32 Å². The first-order valence-electron chi connectivity index (χ1n) is 8.49. The Morgan fingerprint density at radius 3 is 2.43 bits per heavy atom. The van der Waals surface area contributed by atoms with Gasteiger partial charge < -0.3 is 10.1 Å². The fraction of sp³-hybridized carbons (Fsp3) is 0.450. The van der Waals surface area contributed by atoms with Gasteiger partial charge in [0.2, 0.25) is 0 Å². The molecule has 1 fully saturated rings. The lowest BCUT2D eigenvalue weighted by Gasteiger charge is -2.19. The van der Waals surface area contributed by atoms with Crippen LogP contribution in [0, 0.1) is 12.8 Å². The monoisotopic (exact) mass is 310 g/mol. The van der Waals surface area contributed by atoms with Crippen molar-refractivity contribution in [3.8, 4) is 0 Å². The zero-order chi connectivity index (χ0) is 16.4. The Bertz CT molecular complexity index is 638. The van der Waals surface area contributed by atoms with E-state index in [-0.39, 0.29) is 12.2 Å². The number of fused-ring (bicyclic) bond motifs is 1. The number of epoxide rings is 1. The quantitative estimate of drug-likeness (QED) is 0.793. The molecule has 3 unspecified atom stereocenters. The maximum atomic E-state index is 5.42. The number of benzene rings is 1. The third kappa shape index (κ3) is 4.32. The molecular weight excluding hydrogens is 284 g/mol. The van der Waals surface area contributed by atoms with Crippen LogP contribution in [0.5, 0.6) is 0 Å². The maximum absolute atomic E-state index is 5.42. The van der Waals surface area contributed by atoms with Crippen LogP contribution in [0.4, 0.5) is 11.4 Å². The molecule has 1 aliphatic heterocycles. The van der Waals surface area contributed by atoms with E-state index in [1.54, 1.807) is 0 Å². The van der Waals surface area contributed by atoms with Crippen LogP contribution >= 0.6 is 0 Å². The van der Waals surface area contributed by atoms with Gasteiger partial charge in [0.15, 0.2) is 0 Å². The molecule has 122 valence electrons. The zero-order valence-corrected chi connectivity index (χ0v) is 14.4. The molecule has 0 saturated carbocycles. The van der Waals surface area contributed by atoms with Crippen molar-refractivity contribution in [2.75, 3.05) is 5.32 Å². The predicted molar refractivity (Wildman–Crippen MR) is 97.8 cm³/mol. The summed E-state index contributed by atoms with van der Waals surface area (Å²) in [4.78, 5) is 4.72. The van der Waals surface area contributed by atoms with Gasteiger partial charge in [-0.05, 0) is 62.1 Å². The van der Waals surface area contributed by atoms with E-state index in [2.05, 4.69) is 63.4 Å². The highest BCUT2D eigenvalue weighted by Gasteiger charge is 2.34. The highest BCUT2D eigenvalue weighted by molar-refractivity contribution is 6.06. The van der Waals surface area contributed by atoms with Crippen molar-refractivity contribution in [1.82, 2.24) is 0 Å². The van der Waals surface area contributed by atoms with Gasteiger partial charge in [0, 0.05) is 11.7 Å². The Hall–Kier alpha value is -1.87. The molecule has 3 heteroatoms. The number of allylic oxidation sites excluding steroid dienone is 2. The van der Waals surface area contributed by atoms with Gasteiger partial charge in [-0.1, -0.05) is 26.0 Å². The molecule has 1 heterocycles. The number of aliphatic imine (C=N–C) groups is 1. The van der Waals surface area contributed by atoms with E-state index in [1.165, 1.54) is 17.7 Å². The van der Waals surface area contributed by atoms with Crippen molar-refractivity contribution < 1.29 is 4.74 Å². The largest absolute Gasteiger partial charge is 0.382 e. The lowest BCUT2D eigenvalue weighted by Crippen LogP contribution is -2.17. The van der Waals surface area contributed by atoms with Gasteiger partial charge in [-0.15, -0.1) is 0 Å². The van der Waals surface area contributed by atoms with Gasteiger partial charge in [-0.25, -0.2) is 4.99 Å². The second-order valence-electron chi connectivity index (χ2n) is 6.99. The smallest absolute Gasteiger partial charge is 0.107 e. The standard InChI is InChI=1S/C20H26N2O/c1-13(2)11-15(4)21-18-8-5-17(12-14(18)3)22-16-6-9-19-20(23-19)10-7-16/h5-10,12-13,15,19-21H,11H2,1-4H3. The number of anilines is 1. The topological polar surface area (TPSA) is 36.9 Å². The summed E-state index contributed by atoms with van der Waals surface area (Å²) in [5, 5.41) is 3.60. The van der Waals surface area contributed by atoms with Gasteiger partial charge in [0.1, 0.15) is 12.2 Å². The van der Waals surface area contributed by atoms with Crippen molar-refractivity contribution in [3.63, 3.8) is 0 Å². The molecule has 3 rings (SSSR count). The minimum absolute atomic E-state index is 0.259. The second-order valence-corrected chi connectivity index (χ2v) is 6.99. The number of hydrogen-bond donors (Lipinski definition) is 1. The summed E-state index contributed by atoms with van der Waals surface area (Å²) < 4.78 is 5.42. The molecule has 0 bridgehead atoms. The number of nitrogens with zero attached hydrogens (tertiary/aromatic N) is 1. The lowest BCUT2D eigenvalue weighted by molar-refractivity contribution is 0.413. The second kappa shape index (κ2) is 6.71. The van der Waals surface area contributed by atoms with Gasteiger partial charge in [0.25, 0.3) is 0 Å². The molecule has 1 aromatic rings. The van der Waals surface area contributed by atoms with Crippen molar-refractivity contribution in [1.29, 1.82) is 0 Å². The molecule has 3 nitrogen and oxygen atoms in total.